The molecular formula is C19H22N2O. The van der Waals surface area contributed by atoms with Gasteiger partial charge >= 0.3 is 0 Å². The second-order valence-corrected chi connectivity index (χ2v) is 5.92. The van der Waals surface area contributed by atoms with E-state index in [4.69, 9.17) is 0 Å². The smallest absolute Gasteiger partial charge is 0.0710 e. The summed E-state index contributed by atoms with van der Waals surface area (Å²) in [5.74, 6) is 0.313. The van der Waals surface area contributed by atoms with Crippen molar-refractivity contribution in [2.24, 2.45) is 5.92 Å². The molecule has 2 atom stereocenters. The summed E-state index contributed by atoms with van der Waals surface area (Å²) in [5, 5.41) is 10.3. The number of aliphatic hydroxyl groups is 1. The normalized spacial score (nSPS) is 22.4. The SMILES string of the molecule is O[C@@H]1CN(C/C=C/c2ccccc2)C[C@H]1Cc1ccncc1. The van der Waals surface area contributed by atoms with Gasteiger partial charge in [0, 0.05) is 37.9 Å². The van der Waals surface area contributed by atoms with Crippen molar-refractivity contribution in [3.63, 3.8) is 0 Å². The molecule has 0 amide bonds. The van der Waals surface area contributed by atoms with Crippen LogP contribution in [-0.2, 0) is 6.42 Å². The molecule has 1 aromatic carbocycles. The number of hydrogen-bond acceptors (Lipinski definition) is 3. The van der Waals surface area contributed by atoms with E-state index in [1.807, 2.05) is 42.7 Å². The number of aromatic nitrogens is 1. The maximum absolute atomic E-state index is 10.3. The van der Waals surface area contributed by atoms with Crippen LogP contribution in [0.4, 0.5) is 0 Å². The molecule has 1 saturated heterocycles. The lowest BCUT2D eigenvalue weighted by Crippen LogP contribution is -2.21. The molecule has 114 valence electrons. The van der Waals surface area contributed by atoms with Crippen LogP contribution in [0.1, 0.15) is 11.1 Å². The van der Waals surface area contributed by atoms with E-state index in [1.54, 1.807) is 0 Å². The summed E-state index contributed by atoms with van der Waals surface area (Å²) in [7, 11) is 0. The molecule has 22 heavy (non-hydrogen) atoms. The van der Waals surface area contributed by atoms with E-state index >= 15 is 0 Å². The largest absolute Gasteiger partial charge is 0.391 e. The Kier molecular flexibility index (Phi) is 4.99. The van der Waals surface area contributed by atoms with E-state index in [2.05, 4.69) is 34.2 Å². The quantitative estimate of drug-likeness (QED) is 0.921. The Hall–Kier alpha value is -1.97. The van der Waals surface area contributed by atoms with Crippen molar-refractivity contribution in [2.75, 3.05) is 19.6 Å². The maximum Gasteiger partial charge on any atom is 0.0710 e. The van der Waals surface area contributed by atoms with Crippen molar-refractivity contribution >= 4 is 6.08 Å². The van der Waals surface area contributed by atoms with Gasteiger partial charge in [-0.25, -0.2) is 0 Å². The zero-order valence-electron chi connectivity index (χ0n) is 12.7. The Bertz CT molecular complexity index is 597. The van der Waals surface area contributed by atoms with E-state index in [0.29, 0.717) is 5.92 Å². The molecule has 1 aromatic heterocycles. The fraction of sp³-hybridized carbons (Fsp3) is 0.316. The van der Waals surface area contributed by atoms with Gasteiger partial charge in [0.2, 0.25) is 0 Å². The molecule has 0 radical (unpaired) electrons. The summed E-state index contributed by atoms with van der Waals surface area (Å²) in [4.78, 5) is 6.36. The van der Waals surface area contributed by atoms with Crippen LogP contribution < -0.4 is 0 Å². The van der Waals surface area contributed by atoms with Crippen LogP contribution in [0.15, 0.2) is 60.9 Å². The lowest BCUT2D eigenvalue weighted by Gasteiger charge is -2.13. The molecule has 0 aliphatic carbocycles. The number of aliphatic hydroxyl groups excluding tert-OH is 1. The highest BCUT2D eigenvalue weighted by Crippen LogP contribution is 2.21. The summed E-state index contributed by atoms with van der Waals surface area (Å²) < 4.78 is 0. The molecule has 0 spiro atoms. The van der Waals surface area contributed by atoms with E-state index in [9.17, 15) is 5.11 Å². The minimum Gasteiger partial charge on any atom is -0.391 e. The predicted octanol–water partition coefficient (Wildman–Crippen LogP) is 2.63. The molecule has 3 nitrogen and oxygen atoms in total. The molecule has 2 heterocycles. The van der Waals surface area contributed by atoms with Gasteiger partial charge in [0.1, 0.15) is 0 Å². The third kappa shape index (κ3) is 4.03. The zero-order chi connectivity index (χ0) is 15.2. The third-order valence-corrected chi connectivity index (χ3v) is 4.20. The number of benzene rings is 1. The van der Waals surface area contributed by atoms with Gasteiger partial charge < -0.3 is 5.11 Å². The second kappa shape index (κ2) is 7.34. The van der Waals surface area contributed by atoms with Crippen LogP contribution in [0.3, 0.4) is 0 Å². The lowest BCUT2D eigenvalue weighted by atomic mass is 9.97. The minimum atomic E-state index is -0.238. The third-order valence-electron chi connectivity index (χ3n) is 4.20. The maximum atomic E-state index is 10.3. The standard InChI is InChI=1S/C19H22N2O/c22-19-15-21(12-4-7-16-5-2-1-3-6-16)14-18(19)13-17-8-10-20-11-9-17/h1-11,18-19,22H,12-15H2/b7-4+/t18-,19-/m1/s1. The summed E-state index contributed by atoms with van der Waals surface area (Å²) in [6.45, 7) is 2.59. The van der Waals surface area contributed by atoms with Crippen LogP contribution in [0, 0.1) is 5.92 Å². The molecule has 2 aromatic rings. The zero-order valence-corrected chi connectivity index (χ0v) is 12.7. The van der Waals surface area contributed by atoms with Gasteiger partial charge in [-0.3, -0.25) is 9.88 Å². The first-order valence-corrected chi connectivity index (χ1v) is 7.82. The fourth-order valence-corrected chi connectivity index (χ4v) is 3.01. The van der Waals surface area contributed by atoms with Crippen molar-refractivity contribution in [2.45, 2.75) is 12.5 Å². The molecular weight excluding hydrogens is 272 g/mol. The van der Waals surface area contributed by atoms with Crippen molar-refractivity contribution in [1.82, 2.24) is 9.88 Å². The van der Waals surface area contributed by atoms with Gasteiger partial charge in [-0.1, -0.05) is 42.5 Å². The molecule has 1 aliphatic rings. The van der Waals surface area contributed by atoms with Crippen LogP contribution in [0.25, 0.3) is 6.08 Å². The van der Waals surface area contributed by atoms with Gasteiger partial charge in [0.25, 0.3) is 0 Å². The van der Waals surface area contributed by atoms with Gasteiger partial charge in [-0.2, -0.15) is 0 Å². The van der Waals surface area contributed by atoms with E-state index < -0.39 is 0 Å². The minimum absolute atomic E-state index is 0.238. The van der Waals surface area contributed by atoms with Crippen molar-refractivity contribution in [3.8, 4) is 0 Å². The Morgan fingerprint density at radius 1 is 1.09 bits per heavy atom. The number of hydrogen-bond donors (Lipinski definition) is 1. The number of nitrogens with zero attached hydrogens (tertiary/aromatic N) is 2. The van der Waals surface area contributed by atoms with E-state index in [1.165, 1.54) is 11.1 Å². The number of likely N-dealkylation sites (tertiary alicyclic amines) is 1. The Labute approximate surface area is 131 Å². The highest BCUT2D eigenvalue weighted by Gasteiger charge is 2.30. The Morgan fingerprint density at radius 3 is 2.64 bits per heavy atom. The van der Waals surface area contributed by atoms with Crippen LogP contribution in [0.5, 0.6) is 0 Å². The lowest BCUT2D eigenvalue weighted by molar-refractivity contribution is 0.142. The molecule has 0 saturated carbocycles. The Balaban J connectivity index is 1.51. The number of pyridine rings is 1. The fourth-order valence-electron chi connectivity index (χ4n) is 3.01. The molecule has 1 aliphatic heterocycles. The predicted molar refractivity (Wildman–Crippen MR) is 89.4 cm³/mol. The van der Waals surface area contributed by atoms with E-state index in [-0.39, 0.29) is 6.10 Å². The number of β-amino-alcohol motifs (C(OH)–C–C–N with tert-alkyl or cyclic N) is 1. The van der Waals surface area contributed by atoms with Gasteiger partial charge in [-0.15, -0.1) is 0 Å². The molecule has 0 bridgehead atoms. The Morgan fingerprint density at radius 2 is 1.86 bits per heavy atom. The molecule has 0 unspecified atom stereocenters. The average molecular weight is 294 g/mol. The van der Waals surface area contributed by atoms with E-state index in [0.717, 1.165) is 26.1 Å². The summed E-state index contributed by atoms with van der Waals surface area (Å²) in [6.07, 6.45) is 8.63. The molecule has 1 N–H and O–H groups in total. The molecule has 1 fully saturated rings. The topological polar surface area (TPSA) is 36.4 Å². The van der Waals surface area contributed by atoms with Crippen LogP contribution in [-0.4, -0.2) is 40.7 Å². The first kappa shape index (κ1) is 14.9. The average Bonchev–Trinajstić information content (AvgIpc) is 2.89. The highest BCUT2D eigenvalue weighted by atomic mass is 16.3. The van der Waals surface area contributed by atoms with Crippen molar-refractivity contribution in [3.05, 3.63) is 72.1 Å². The first-order valence-electron chi connectivity index (χ1n) is 7.82. The molecule has 3 heteroatoms. The van der Waals surface area contributed by atoms with Gasteiger partial charge in [-0.05, 0) is 29.7 Å². The first-order chi connectivity index (χ1) is 10.8. The number of rotatable bonds is 5. The van der Waals surface area contributed by atoms with Crippen molar-refractivity contribution < 1.29 is 5.11 Å². The molecule has 3 rings (SSSR count). The summed E-state index contributed by atoms with van der Waals surface area (Å²) in [6, 6.07) is 14.4. The highest BCUT2D eigenvalue weighted by molar-refractivity contribution is 5.48. The monoisotopic (exact) mass is 294 g/mol. The van der Waals surface area contributed by atoms with Crippen molar-refractivity contribution in [1.29, 1.82) is 0 Å². The summed E-state index contributed by atoms with van der Waals surface area (Å²) >= 11 is 0. The summed E-state index contributed by atoms with van der Waals surface area (Å²) in [5.41, 5.74) is 2.47. The van der Waals surface area contributed by atoms with Crippen LogP contribution >= 0.6 is 0 Å². The van der Waals surface area contributed by atoms with Gasteiger partial charge in [0.05, 0.1) is 6.10 Å². The second-order valence-electron chi connectivity index (χ2n) is 5.92. The van der Waals surface area contributed by atoms with Gasteiger partial charge in [0.15, 0.2) is 0 Å². The van der Waals surface area contributed by atoms with Crippen LogP contribution in [0.2, 0.25) is 0 Å².